The smallest absolute Gasteiger partial charge is 0.118 e. The van der Waals surface area contributed by atoms with Crippen molar-refractivity contribution in [3.05, 3.63) is 48.2 Å². The highest BCUT2D eigenvalue weighted by Gasteiger charge is 2.15. The molecule has 3 aromatic rings. The van der Waals surface area contributed by atoms with E-state index in [1.54, 1.807) is 13.2 Å². The van der Waals surface area contributed by atoms with E-state index in [0.29, 0.717) is 5.75 Å². The highest BCUT2D eigenvalue weighted by molar-refractivity contribution is 5.98. The molecule has 1 aromatic heterocycles. The molecule has 0 saturated heterocycles. The van der Waals surface area contributed by atoms with Crippen LogP contribution in [0.1, 0.15) is 19.0 Å². The molecule has 0 atom stereocenters. The fraction of sp³-hybridized carbons (Fsp3) is 0.263. The zero-order chi connectivity index (χ0) is 15.7. The van der Waals surface area contributed by atoms with Crippen molar-refractivity contribution < 1.29 is 9.84 Å². The zero-order valence-corrected chi connectivity index (χ0v) is 13.3. The van der Waals surface area contributed by atoms with Crippen molar-refractivity contribution in [1.29, 1.82) is 0 Å². The Balaban J connectivity index is 2.26. The number of phenolic OH excluding ortho intramolecular Hbond substituents is 1. The van der Waals surface area contributed by atoms with Crippen LogP contribution in [0.25, 0.3) is 22.0 Å². The molecule has 1 N–H and O–H groups in total. The summed E-state index contributed by atoms with van der Waals surface area (Å²) in [5.41, 5.74) is 4.72. The Bertz CT molecular complexity index is 800. The maximum atomic E-state index is 9.88. The Morgan fingerprint density at radius 3 is 2.45 bits per heavy atom. The van der Waals surface area contributed by atoms with Crippen LogP contribution in [0.3, 0.4) is 0 Å². The predicted molar refractivity (Wildman–Crippen MR) is 90.6 cm³/mol. The molecule has 3 rings (SSSR count). The first-order chi connectivity index (χ1) is 10.7. The van der Waals surface area contributed by atoms with Crippen LogP contribution in [-0.2, 0) is 6.54 Å². The standard InChI is InChI=1S/C19H21NO2/c1-4-11-20-13(2)19(14-5-8-16(22-3)9-6-14)17-12-15(21)7-10-18(17)20/h5-10,12,21H,4,11H2,1-3H3. The molecule has 0 aliphatic carbocycles. The van der Waals surface area contributed by atoms with Gasteiger partial charge in [-0.25, -0.2) is 0 Å². The maximum absolute atomic E-state index is 9.88. The number of aromatic hydroxyl groups is 1. The van der Waals surface area contributed by atoms with E-state index < -0.39 is 0 Å². The van der Waals surface area contributed by atoms with E-state index in [2.05, 4.69) is 30.5 Å². The van der Waals surface area contributed by atoms with Crippen molar-refractivity contribution >= 4 is 10.9 Å². The lowest BCUT2D eigenvalue weighted by atomic mass is 10.0. The number of rotatable bonds is 4. The number of aromatic nitrogens is 1. The second-order valence-electron chi connectivity index (χ2n) is 5.54. The number of hydrogen-bond acceptors (Lipinski definition) is 2. The van der Waals surface area contributed by atoms with Crippen LogP contribution >= 0.6 is 0 Å². The van der Waals surface area contributed by atoms with Gasteiger partial charge in [0.2, 0.25) is 0 Å². The molecule has 1 heterocycles. The van der Waals surface area contributed by atoms with Crippen molar-refractivity contribution in [2.24, 2.45) is 0 Å². The molecular formula is C19H21NO2. The van der Waals surface area contributed by atoms with E-state index in [9.17, 15) is 5.11 Å². The number of fused-ring (bicyclic) bond motifs is 1. The van der Waals surface area contributed by atoms with Crippen LogP contribution in [0, 0.1) is 6.92 Å². The van der Waals surface area contributed by atoms with Gasteiger partial charge in [0, 0.05) is 28.7 Å². The van der Waals surface area contributed by atoms with Gasteiger partial charge in [0.15, 0.2) is 0 Å². The van der Waals surface area contributed by atoms with Crippen LogP contribution in [0.4, 0.5) is 0 Å². The minimum absolute atomic E-state index is 0.302. The summed E-state index contributed by atoms with van der Waals surface area (Å²) >= 11 is 0. The molecule has 0 aliphatic heterocycles. The van der Waals surface area contributed by atoms with Gasteiger partial charge in [-0.05, 0) is 49.2 Å². The van der Waals surface area contributed by atoms with Gasteiger partial charge in [0.1, 0.15) is 11.5 Å². The lowest BCUT2D eigenvalue weighted by Crippen LogP contribution is -1.98. The van der Waals surface area contributed by atoms with Crippen LogP contribution < -0.4 is 4.74 Å². The normalized spacial score (nSPS) is 11.0. The monoisotopic (exact) mass is 295 g/mol. The minimum atomic E-state index is 0.302. The Labute approximate surface area is 130 Å². The van der Waals surface area contributed by atoms with Crippen LogP contribution in [0.2, 0.25) is 0 Å². The van der Waals surface area contributed by atoms with Crippen molar-refractivity contribution in [2.45, 2.75) is 26.8 Å². The number of aryl methyl sites for hydroxylation is 1. The highest BCUT2D eigenvalue weighted by Crippen LogP contribution is 2.37. The SMILES string of the molecule is CCCn1c(C)c(-c2ccc(OC)cc2)c2cc(O)ccc21. The number of methoxy groups -OCH3 is 1. The number of ether oxygens (including phenoxy) is 1. The number of nitrogens with zero attached hydrogens (tertiary/aromatic N) is 1. The van der Waals surface area contributed by atoms with E-state index in [1.807, 2.05) is 24.3 Å². The largest absolute Gasteiger partial charge is 0.508 e. The lowest BCUT2D eigenvalue weighted by Gasteiger charge is -2.07. The summed E-state index contributed by atoms with van der Waals surface area (Å²) in [6, 6.07) is 13.7. The van der Waals surface area contributed by atoms with Gasteiger partial charge < -0.3 is 14.4 Å². The Morgan fingerprint density at radius 1 is 1.09 bits per heavy atom. The molecule has 0 saturated carbocycles. The van der Waals surface area contributed by atoms with Gasteiger partial charge in [-0.1, -0.05) is 19.1 Å². The summed E-state index contributed by atoms with van der Waals surface area (Å²) in [6.45, 7) is 5.30. The molecule has 114 valence electrons. The molecule has 22 heavy (non-hydrogen) atoms. The van der Waals surface area contributed by atoms with Gasteiger partial charge in [0.05, 0.1) is 7.11 Å². The fourth-order valence-corrected chi connectivity index (χ4v) is 3.10. The summed E-state index contributed by atoms with van der Waals surface area (Å²) in [4.78, 5) is 0. The van der Waals surface area contributed by atoms with Gasteiger partial charge in [0.25, 0.3) is 0 Å². The summed E-state index contributed by atoms with van der Waals surface area (Å²) < 4.78 is 7.57. The molecular weight excluding hydrogens is 274 g/mol. The molecule has 0 amide bonds. The first kappa shape index (κ1) is 14.5. The Kier molecular flexibility index (Phi) is 3.80. The van der Waals surface area contributed by atoms with Gasteiger partial charge >= 0.3 is 0 Å². The molecule has 0 radical (unpaired) electrons. The molecule has 0 spiro atoms. The minimum Gasteiger partial charge on any atom is -0.508 e. The molecule has 2 aromatic carbocycles. The van der Waals surface area contributed by atoms with E-state index in [0.717, 1.165) is 29.7 Å². The van der Waals surface area contributed by atoms with Crippen molar-refractivity contribution in [2.75, 3.05) is 7.11 Å². The zero-order valence-electron chi connectivity index (χ0n) is 13.3. The first-order valence-electron chi connectivity index (χ1n) is 7.62. The van der Waals surface area contributed by atoms with Gasteiger partial charge in [-0.15, -0.1) is 0 Å². The van der Waals surface area contributed by atoms with E-state index in [1.165, 1.54) is 16.8 Å². The van der Waals surface area contributed by atoms with Crippen LogP contribution in [0.5, 0.6) is 11.5 Å². The first-order valence-corrected chi connectivity index (χ1v) is 7.62. The third kappa shape index (κ3) is 2.33. The molecule has 0 bridgehead atoms. The molecule has 0 unspecified atom stereocenters. The second-order valence-corrected chi connectivity index (χ2v) is 5.54. The second kappa shape index (κ2) is 5.76. The highest BCUT2D eigenvalue weighted by atomic mass is 16.5. The van der Waals surface area contributed by atoms with E-state index in [4.69, 9.17) is 4.74 Å². The third-order valence-corrected chi connectivity index (χ3v) is 4.13. The van der Waals surface area contributed by atoms with E-state index in [-0.39, 0.29) is 0 Å². The van der Waals surface area contributed by atoms with Crippen molar-refractivity contribution in [3.8, 4) is 22.6 Å². The lowest BCUT2D eigenvalue weighted by molar-refractivity contribution is 0.415. The maximum Gasteiger partial charge on any atom is 0.118 e. The van der Waals surface area contributed by atoms with E-state index >= 15 is 0 Å². The Hall–Kier alpha value is -2.42. The third-order valence-electron chi connectivity index (χ3n) is 4.13. The van der Waals surface area contributed by atoms with Gasteiger partial charge in [-0.2, -0.15) is 0 Å². The molecule has 3 heteroatoms. The number of benzene rings is 2. The summed E-state index contributed by atoms with van der Waals surface area (Å²) in [6.07, 6.45) is 1.08. The van der Waals surface area contributed by atoms with Crippen molar-refractivity contribution in [3.63, 3.8) is 0 Å². The predicted octanol–water partition coefficient (Wildman–Crippen LogP) is 4.74. The number of hydrogen-bond donors (Lipinski definition) is 1. The molecule has 0 fully saturated rings. The summed E-state index contributed by atoms with van der Waals surface area (Å²) in [5, 5.41) is 11.0. The Morgan fingerprint density at radius 2 is 1.82 bits per heavy atom. The summed E-state index contributed by atoms with van der Waals surface area (Å²) in [5.74, 6) is 1.15. The quantitative estimate of drug-likeness (QED) is 0.754. The van der Waals surface area contributed by atoms with Gasteiger partial charge in [-0.3, -0.25) is 0 Å². The summed E-state index contributed by atoms with van der Waals surface area (Å²) in [7, 11) is 1.67. The van der Waals surface area contributed by atoms with Crippen LogP contribution in [0.15, 0.2) is 42.5 Å². The molecule has 0 aliphatic rings. The molecule has 3 nitrogen and oxygen atoms in total. The average molecular weight is 295 g/mol. The van der Waals surface area contributed by atoms with Crippen LogP contribution in [-0.4, -0.2) is 16.8 Å². The topological polar surface area (TPSA) is 34.4 Å². The van der Waals surface area contributed by atoms with Crippen molar-refractivity contribution in [1.82, 2.24) is 4.57 Å². The fourth-order valence-electron chi connectivity index (χ4n) is 3.10. The average Bonchev–Trinajstić information content (AvgIpc) is 2.80. The number of phenols is 1.